The lowest BCUT2D eigenvalue weighted by atomic mass is 10.1. The zero-order valence-electron chi connectivity index (χ0n) is 8.34. The van der Waals surface area contributed by atoms with Gasteiger partial charge in [-0.1, -0.05) is 0 Å². The van der Waals surface area contributed by atoms with Crippen LogP contribution in [-0.4, -0.2) is 51.9 Å². The highest BCUT2D eigenvalue weighted by Gasteiger charge is 2.51. The predicted octanol–water partition coefficient (Wildman–Crippen LogP) is -0.0249. The first-order chi connectivity index (χ1) is 6.53. The number of hydrogen-bond donors (Lipinski definition) is 2. The summed E-state index contributed by atoms with van der Waals surface area (Å²) in [5.74, 6) is 0.277. The molecular formula is C9H16O4S. The van der Waals surface area contributed by atoms with Gasteiger partial charge in [-0.05, 0) is 13.8 Å². The Labute approximate surface area is 87.6 Å². The second kappa shape index (κ2) is 3.64. The third kappa shape index (κ3) is 1.79. The Kier molecular flexibility index (Phi) is 2.79. The van der Waals surface area contributed by atoms with Gasteiger partial charge in [-0.25, -0.2) is 0 Å². The number of hydrogen-bond acceptors (Lipinski definition) is 5. The zero-order chi connectivity index (χ0) is 10.3. The Morgan fingerprint density at radius 2 is 2.21 bits per heavy atom. The molecule has 0 spiro atoms. The van der Waals surface area contributed by atoms with E-state index in [2.05, 4.69) is 0 Å². The van der Waals surface area contributed by atoms with Crippen molar-refractivity contribution in [2.45, 2.75) is 43.2 Å². The molecule has 0 bridgehead atoms. The van der Waals surface area contributed by atoms with Crippen molar-refractivity contribution in [1.82, 2.24) is 0 Å². The minimum atomic E-state index is -0.715. The van der Waals surface area contributed by atoms with E-state index in [0.29, 0.717) is 0 Å². The lowest BCUT2D eigenvalue weighted by Gasteiger charge is -2.23. The molecule has 2 aliphatic heterocycles. The summed E-state index contributed by atoms with van der Waals surface area (Å²) >= 11 is 1.61. The second-order valence-electron chi connectivity index (χ2n) is 4.19. The predicted molar refractivity (Wildman–Crippen MR) is 53.2 cm³/mol. The number of aliphatic hydroxyl groups is 2. The van der Waals surface area contributed by atoms with E-state index < -0.39 is 11.9 Å². The molecular weight excluding hydrogens is 204 g/mol. The van der Waals surface area contributed by atoms with Crippen LogP contribution < -0.4 is 0 Å². The van der Waals surface area contributed by atoms with Gasteiger partial charge in [-0.15, -0.1) is 0 Å². The molecule has 2 fully saturated rings. The monoisotopic (exact) mass is 220 g/mol. The first kappa shape index (κ1) is 10.7. The van der Waals surface area contributed by atoms with Crippen LogP contribution in [0.5, 0.6) is 0 Å². The van der Waals surface area contributed by atoms with Gasteiger partial charge in [-0.3, -0.25) is 0 Å². The van der Waals surface area contributed by atoms with Gasteiger partial charge in [0.25, 0.3) is 0 Å². The van der Waals surface area contributed by atoms with Crippen molar-refractivity contribution in [3.8, 4) is 0 Å². The van der Waals surface area contributed by atoms with Gasteiger partial charge in [-0.2, -0.15) is 11.8 Å². The molecule has 2 saturated heterocycles. The van der Waals surface area contributed by atoms with Gasteiger partial charge >= 0.3 is 0 Å². The van der Waals surface area contributed by atoms with Crippen LogP contribution in [0.15, 0.2) is 0 Å². The molecule has 0 aliphatic carbocycles. The van der Waals surface area contributed by atoms with Crippen molar-refractivity contribution < 1.29 is 19.7 Å². The normalized spacial score (nSPS) is 42.4. The van der Waals surface area contributed by atoms with E-state index in [4.69, 9.17) is 14.6 Å². The van der Waals surface area contributed by atoms with E-state index in [9.17, 15) is 5.11 Å². The fourth-order valence-corrected chi connectivity index (χ4v) is 3.40. The van der Waals surface area contributed by atoms with Crippen LogP contribution in [0.3, 0.4) is 0 Å². The first-order valence-corrected chi connectivity index (χ1v) is 5.84. The van der Waals surface area contributed by atoms with Crippen LogP contribution in [0, 0.1) is 0 Å². The quantitative estimate of drug-likeness (QED) is 0.684. The SMILES string of the molecule is CC1(C)O[C@H]2CSC([C@@H](O)CO)[C@H]2O1. The average molecular weight is 220 g/mol. The number of aliphatic hydroxyl groups excluding tert-OH is 2. The number of thioether (sulfide) groups is 1. The lowest BCUT2D eigenvalue weighted by Crippen LogP contribution is -2.38. The highest BCUT2D eigenvalue weighted by molar-refractivity contribution is 8.00. The standard InChI is InChI=1S/C9H16O4S/c1-9(2)12-6-4-14-8(5(11)3-10)7(6)13-9/h5-8,10-11H,3-4H2,1-2H3/t5-,6-,7-,8?/m0/s1. The fourth-order valence-electron chi connectivity index (χ4n) is 2.01. The molecule has 1 unspecified atom stereocenters. The van der Waals surface area contributed by atoms with Gasteiger partial charge in [0.1, 0.15) is 6.10 Å². The second-order valence-corrected chi connectivity index (χ2v) is 5.40. The topological polar surface area (TPSA) is 58.9 Å². The maximum Gasteiger partial charge on any atom is 0.163 e. The molecule has 0 saturated carbocycles. The van der Waals surface area contributed by atoms with Crippen LogP contribution >= 0.6 is 11.8 Å². The maximum atomic E-state index is 9.57. The summed E-state index contributed by atoms with van der Waals surface area (Å²) in [6, 6.07) is 0. The van der Waals surface area contributed by atoms with Gasteiger partial charge < -0.3 is 19.7 Å². The largest absolute Gasteiger partial charge is 0.394 e. The Morgan fingerprint density at radius 1 is 1.50 bits per heavy atom. The Hall–Kier alpha value is 0.190. The van der Waals surface area contributed by atoms with Crippen molar-refractivity contribution >= 4 is 11.8 Å². The molecule has 4 atom stereocenters. The lowest BCUT2D eigenvalue weighted by molar-refractivity contribution is -0.147. The minimum absolute atomic E-state index is 0.0567. The summed E-state index contributed by atoms with van der Waals surface area (Å²) in [6.45, 7) is 3.53. The zero-order valence-corrected chi connectivity index (χ0v) is 9.16. The summed E-state index contributed by atoms with van der Waals surface area (Å²) in [5.41, 5.74) is 0. The van der Waals surface area contributed by atoms with Crippen molar-refractivity contribution in [3.05, 3.63) is 0 Å². The molecule has 2 rings (SSSR count). The van der Waals surface area contributed by atoms with E-state index in [-0.39, 0.29) is 24.1 Å². The summed E-state index contributed by atoms with van der Waals surface area (Å²) < 4.78 is 11.4. The number of ether oxygens (including phenoxy) is 2. The highest BCUT2D eigenvalue weighted by Crippen LogP contribution is 2.42. The minimum Gasteiger partial charge on any atom is -0.394 e. The molecule has 2 N–H and O–H groups in total. The molecule has 5 heteroatoms. The third-order valence-electron chi connectivity index (χ3n) is 2.56. The van der Waals surface area contributed by atoms with Crippen molar-refractivity contribution in [1.29, 1.82) is 0 Å². The van der Waals surface area contributed by atoms with E-state index in [0.717, 1.165) is 5.75 Å². The number of rotatable bonds is 2. The molecule has 0 radical (unpaired) electrons. The fraction of sp³-hybridized carbons (Fsp3) is 1.00. The van der Waals surface area contributed by atoms with Crippen LogP contribution in [-0.2, 0) is 9.47 Å². The van der Waals surface area contributed by atoms with E-state index in [1.165, 1.54) is 0 Å². The van der Waals surface area contributed by atoms with E-state index in [1.807, 2.05) is 13.8 Å². The molecule has 0 amide bonds. The summed E-state index contributed by atoms with van der Waals surface area (Å²) in [7, 11) is 0. The molecule has 2 aliphatic rings. The maximum absolute atomic E-state index is 9.57. The Balaban J connectivity index is 2.04. The molecule has 4 nitrogen and oxygen atoms in total. The van der Waals surface area contributed by atoms with Gasteiger partial charge in [0.2, 0.25) is 0 Å². The van der Waals surface area contributed by atoms with Crippen LogP contribution in [0.1, 0.15) is 13.8 Å². The van der Waals surface area contributed by atoms with Crippen LogP contribution in [0.4, 0.5) is 0 Å². The van der Waals surface area contributed by atoms with Gasteiger partial charge in [0.05, 0.1) is 24.1 Å². The molecule has 82 valence electrons. The molecule has 0 aromatic heterocycles. The Bertz CT molecular complexity index is 221. The summed E-state index contributed by atoms with van der Waals surface area (Å²) in [5, 5.41) is 18.4. The summed E-state index contributed by atoms with van der Waals surface area (Å²) in [4.78, 5) is 0. The first-order valence-electron chi connectivity index (χ1n) is 4.79. The van der Waals surface area contributed by atoms with Gasteiger partial charge in [0, 0.05) is 5.75 Å². The van der Waals surface area contributed by atoms with Crippen LogP contribution in [0.2, 0.25) is 0 Å². The molecule has 0 aromatic carbocycles. The average Bonchev–Trinajstić information content (AvgIpc) is 2.58. The highest BCUT2D eigenvalue weighted by atomic mass is 32.2. The Morgan fingerprint density at radius 3 is 2.86 bits per heavy atom. The van der Waals surface area contributed by atoms with E-state index >= 15 is 0 Å². The third-order valence-corrected chi connectivity index (χ3v) is 4.05. The smallest absolute Gasteiger partial charge is 0.163 e. The molecule has 2 heterocycles. The van der Waals surface area contributed by atoms with Crippen molar-refractivity contribution in [2.24, 2.45) is 0 Å². The van der Waals surface area contributed by atoms with Crippen LogP contribution in [0.25, 0.3) is 0 Å². The number of fused-ring (bicyclic) bond motifs is 1. The molecule has 0 aromatic rings. The molecule has 14 heavy (non-hydrogen) atoms. The van der Waals surface area contributed by atoms with E-state index in [1.54, 1.807) is 11.8 Å². The van der Waals surface area contributed by atoms with Crippen molar-refractivity contribution in [2.75, 3.05) is 12.4 Å². The van der Waals surface area contributed by atoms with Crippen molar-refractivity contribution in [3.63, 3.8) is 0 Å². The van der Waals surface area contributed by atoms with Gasteiger partial charge in [0.15, 0.2) is 5.79 Å². The summed E-state index contributed by atoms with van der Waals surface area (Å²) in [6.07, 6.45) is -0.745.